The second-order valence-corrected chi connectivity index (χ2v) is 3.48. The third-order valence-corrected chi connectivity index (χ3v) is 2.09. The molecule has 14 heavy (non-hydrogen) atoms. The molecular formula is C14H24. The number of hydrogen-bond donors (Lipinski definition) is 0. The van der Waals surface area contributed by atoms with Crippen LogP contribution in [0.1, 0.15) is 52.4 Å². The molecule has 0 fully saturated rings. The van der Waals surface area contributed by atoms with Crippen molar-refractivity contribution in [1.29, 1.82) is 0 Å². The van der Waals surface area contributed by atoms with Crippen molar-refractivity contribution in [3.8, 4) is 0 Å². The van der Waals surface area contributed by atoms with E-state index < -0.39 is 0 Å². The highest BCUT2D eigenvalue weighted by Crippen LogP contribution is 2.00. The van der Waals surface area contributed by atoms with Crippen LogP contribution in [0, 0.1) is 0 Å². The van der Waals surface area contributed by atoms with Gasteiger partial charge in [-0.1, -0.05) is 56.2 Å². The predicted molar refractivity (Wildman–Crippen MR) is 66.5 cm³/mol. The predicted octanol–water partition coefficient (Wildman–Crippen LogP) is 5.04. The summed E-state index contributed by atoms with van der Waals surface area (Å²) in [6, 6.07) is 0. The van der Waals surface area contributed by atoms with Crippen molar-refractivity contribution in [3.05, 3.63) is 36.5 Å². The Morgan fingerprint density at radius 3 is 2.07 bits per heavy atom. The van der Waals surface area contributed by atoms with Crippen molar-refractivity contribution < 1.29 is 0 Å². The summed E-state index contributed by atoms with van der Waals surface area (Å²) < 4.78 is 0. The van der Waals surface area contributed by atoms with Crippen LogP contribution in [-0.2, 0) is 0 Å². The minimum absolute atomic E-state index is 1.07. The Bertz CT molecular complexity index is 172. The zero-order valence-corrected chi connectivity index (χ0v) is 9.71. The SMILES string of the molecule is C/C=C\CC=CCC=CCCCCC. The molecule has 0 N–H and O–H groups in total. The Balaban J connectivity index is 3.21. The van der Waals surface area contributed by atoms with E-state index in [0.29, 0.717) is 0 Å². The normalized spacial score (nSPS) is 12.4. The maximum atomic E-state index is 2.30. The first kappa shape index (κ1) is 13.2. The van der Waals surface area contributed by atoms with Crippen LogP contribution in [-0.4, -0.2) is 0 Å². The Hall–Kier alpha value is -0.780. The summed E-state index contributed by atoms with van der Waals surface area (Å²) in [4.78, 5) is 0. The van der Waals surface area contributed by atoms with E-state index in [0.717, 1.165) is 12.8 Å². The second-order valence-electron chi connectivity index (χ2n) is 3.48. The van der Waals surface area contributed by atoms with E-state index in [1.807, 2.05) is 0 Å². The third kappa shape index (κ3) is 11.2. The van der Waals surface area contributed by atoms with Gasteiger partial charge in [-0.25, -0.2) is 0 Å². The Kier molecular flexibility index (Phi) is 11.5. The zero-order valence-electron chi connectivity index (χ0n) is 9.71. The van der Waals surface area contributed by atoms with Crippen molar-refractivity contribution in [2.45, 2.75) is 52.4 Å². The molecule has 0 aromatic carbocycles. The van der Waals surface area contributed by atoms with Crippen LogP contribution in [0.15, 0.2) is 36.5 Å². The van der Waals surface area contributed by atoms with E-state index in [9.17, 15) is 0 Å². The first-order valence-electron chi connectivity index (χ1n) is 5.83. The number of allylic oxidation sites excluding steroid dienone is 6. The van der Waals surface area contributed by atoms with E-state index in [-0.39, 0.29) is 0 Å². The summed E-state index contributed by atoms with van der Waals surface area (Å²) in [5.74, 6) is 0. The molecule has 0 aliphatic rings. The quantitative estimate of drug-likeness (QED) is 0.373. The van der Waals surface area contributed by atoms with Gasteiger partial charge in [0.15, 0.2) is 0 Å². The van der Waals surface area contributed by atoms with Crippen molar-refractivity contribution >= 4 is 0 Å². The highest BCUT2D eigenvalue weighted by atomic mass is 13.9. The summed E-state index contributed by atoms with van der Waals surface area (Å²) in [5.41, 5.74) is 0. The van der Waals surface area contributed by atoms with Gasteiger partial charge in [-0.05, 0) is 32.6 Å². The van der Waals surface area contributed by atoms with Gasteiger partial charge < -0.3 is 0 Å². The maximum Gasteiger partial charge on any atom is -0.0169 e. The molecule has 0 amide bonds. The molecule has 0 rings (SSSR count). The molecule has 0 atom stereocenters. The molecule has 0 radical (unpaired) electrons. The molecule has 0 aliphatic carbocycles. The molecule has 0 aromatic heterocycles. The fraction of sp³-hybridized carbons (Fsp3) is 0.571. The molecule has 0 aliphatic heterocycles. The lowest BCUT2D eigenvalue weighted by atomic mass is 10.2. The van der Waals surface area contributed by atoms with E-state index >= 15 is 0 Å². The lowest BCUT2D eigenvalue weighted by molar-refractivity contribution is 0.728. The molecule has 0 unspecified atom stereocenters. The van der Waals surface area contributed by atoms with Gasteiger partial charge in [0.25, 0.3) is 0 Å². The number of rotatable bonds is 8. The van der Waals surface area contributed by atoms with Crippen LogP contribution >= 0.6 is 0 Å². The molecule has 0 nitrogen and oxygen atoms in total. The Morgan fingerprint density at radius 1 is 0.786 bits per heavy atom. The van der Waals surface area contributed by atoms with Crippen LogP contribution in [0.4, 0.5) is 0 Å². The van der Waals surface area contributed by atoms with Crippen LogP contribution < -0.4 is 0 Å². The van der Waals surface area contributed by atoms with Gasteiger partial charge in [0.1, 0.15) is 0 Å². The molecule has 0 saturated heterocycles. The van der Waals surface area contributed by atoms with Gasteiger partial charge in [0.05, 0.1) is 0 Å². The van der Waals surface area contributed by atoms with Gasteiger partial charge in [0, 0.05) is 0 Å². The number of unbranched alkanes of at least 4 members (excludes halogenated alkanes) is 3. The van der Waals surface area contributed by atoms with Gasteiger partial charge in [-0.2, -0.15) is 0 Å². The van der Waals surface area contributed by atoms with Crippen LogP contribution in [0.5, 0.6) is 0 Å². The highest BCUT2D eigenvalue weighted by Gasteiger charge is 1.80. The summed E-state index contributed by atoms with van der Waals surface area (Å²) in [7, 11) is 0. The minimum Gasteiger partial charge on any atom is -0.0914 e. The molecule has 80 valence electrons. The third-order valence-electron chi connectivity index (χ3n) is 2.09. The van der Waals surface area contributed by atoms with Crippen LogP contribution in [0.25, 0.3) is 0 Å². The van der Waals surface area contributed by atoms with E-state index in [4.69, 9.17) is 0 Å². The minimum atomic E-state index is 1.07. The number of hydrogen-bond acceptors (Lipinski definition) is 0. The molecular weight excluding hydrogens is 168 g/mol. The van der Waals surface area contributed by atoms with E-state index in [1.54, 1.807) is 0 Å². The second kappa shape index (κ2) is 12.2. The van der Waals surface area contributed by atoms with E-state index in [1.165, 1.54) is 25.7 Å². The first-order valence-corrected chi connectivity index (χ1v) is 5.83. The average Bonchev–Trinajstić information content (AvgIpc) is 2.21. The summed E-state index contributed by atoms with van der Waals surface area (Å²) in [5, 5.41) is 0. The fourth-order valence-electron chi connectivity index (χ4n) is 1.21. The zero-order chi connectivity index (χ0) is 10.5. The highest BCUT2D eigenvalue weighted by molar-refractivity contribution is 4.96. The van der Waals surface area contributed by atoms with Crippen molar-refractivity contribution in [1.82, 2.24) is 0 Å². The fourth-order valence-corrected chi connectivity index (χ4v) is 1.21. The molecule has 0 saturated carbocycles. The molecule has 0 spiro atoms. The lowest BCUT2D eigenvalue weighted by Gasteiger charge is -1.90. The Labute approximate surface area is 89.4 Å². The van der Waals surface area contributed by atoms with Crippen LogP contribution in [0.2, 0.25) is 0 Å². The molecule has 0 heterocycles. The first-order chi connectivity index (χ1) is 6.91. The monoisotopic (exact) mass is 192 g/mol. The summed E-state index contributed by atoms with van der Waals surface area (Å²) in [6.45, 7) is 4.30. The summed E-state index contributed by atoms with van der Waals surface area (Å²) in [6.07, 6.45) is 20.7. The lowest BCUT2D eigenvalue weighted by Crippen LogP contribution is -1.70. The molecule has 0 bridgehead atoms. The average molecular weight is 192 g/mol. The Morgan fingerprint density at radius 2 is 1.43 bits per heavy atom. The van der Waals surface area contributed by atoms with Gasteiger partial charge in [0.2, 0.25) is 0 Å². The van der Waals surface area contributed by atoms with Crippen molar-refractivity contribution in [2.75, 3.05) is 0 Å². The maximum absolute atomic E-state index is 2.30. The van der Waals surface area contributed by atoms with Crippen molar-refractivity contribution in [2.24, 2.45) is 0 Å². The van der Waals surface area contributed by atoms with Gasteiger partial charge in [-0.15, -0.1) is 0 Å². The van der Waals surface area contributed by atoms with Gasteiger partial charge in [-0.3, -0.25) is 0 Å². The largest absolute Gasteiger partial charge is 0.0914 e. The van der Waals surface area contributed by atoms with Crippen LogP contribution in [0.3, 0.4) is 0 Å². The van der Waals surface area contributed by atoms with Crippen molar-refractivity contribution in [3.63, 3.8) is 0 Å². The molecule has 0 aromatic rings. The smallest absolute Gasteiger partial charge is 0.0169 e. The standard InChI is InChI=1S/C14H24/c1-3-5-7-9-11-13-14-12-10-8-6-4-2/h3,5,9,11-12,14H,4,6-8,10,13H2,1-2H3/b5-3-,11-9?,14-12?. The molecule has 0 heteroatoms. The topological polar surface area (TPSA) is 0 Å². The van der Waals surface area contributed by atoms with Gasteiger partial charge >= 0.3 is 0 Å². The summed E-state index contributed by atoms with van der Waals surface area (Å²) >= 11 is 0. The van der Waals surface area contributed by atoms with E-state index in [2.05, 4.69) is 50.3 Å².